The molecule has 0 aliphatic carbocycles. The molecule has 2 aromatic rings. The number of alkyl halides is 1. The molecule has 0 bridgehead atoms. The second-order valence-corrected chi connectivity index (χ2v) is 2.66. The fourth-order valence-electron chi connectivity index (χ4n) is 1.21. The third-order valence-corrected chi connectivity index (χ3v) is 1.88. The number of aromatic nitrogens is 2. The molecule has 3 nitrogen and oxygen atoms in total. The monoisotopic (exact) mass is 178 g/mol. The summed E-state index contributed by atoms with van der Waals surface area (Å²) in [7, 11) is 0. The van der Waals surface area contributed by atoms with Crippen molar-refractivity contribution in [1.29, 1.82) is 0 Å². The highest BCUT2D eigenvalue weighted by Crippen LogP contribution is 2.05. The Bertz CT molecular complexity index is 492. The zero-order valence-electron chi connectivity index (χ0n) is 6.77. The largest absolute Gasteiger partial charge is 0.277 e. The lowest BCUT2D eigenvalue weighted by atomic mass is 10.2. The summed E-state index contributed by atoms with van der Waals surface area (Å²) in [6.45, 7) is -0.885. The molecule has 13 heavy (non-hydrogen) atoms. The smallest absolute Gasteiger partial charge is 0.267 e. The van der Waals surface area contributed by atoms with Gasteiger partial charge in [0.15, 0.2) is 6.80 Å². The van der Waals surface area contributed by atoms with Gasteiger partial charge in [-0.15, -0.1) is 0 Å². The number of fused-ring (bicyclic) bond motifs is 1. The highest BCUT2D eigenvalue weighted by molar-refractivity contribution is 5.80. The van der Waals surface area contributed by atoms with E-state index >= 15 is 0 Å². The van der Waals surface area contributed by atoms with Gasteiger partial charge in [-0.05, 0) is 6.07 Å². The Balaban J connectivity index is 2.87. The molecule has 0 fully saturated rings. The van der Waals surface area contributed by atoms with Gasteiger partial charge in [0, 0.05) is 5.39 Å². The van der Waals surface area contributed by atoms with E-state index < -0.39 is 6.80 Å². The zero-order chi connectivity index (χ0) is 9.26. The first-order valence-electron chi connectivity index (χ1n) is 3.84. The Morgan fingerprint density at radius 1 is 1.38 bits per heavy atom. The van der Waals surface area contributed by atoms with Crippen molar-refractivity contribution in [3.63, 3.8) is 0 Å². The summed E-state index contributed by atoms with van der Waals surface area (Å²) in [4.78, 5) is 11.4. The van der Waals surface area contributed by atoms with E-state index in [4.69, 9.17) is 0 Å². The minimum atomic E-state index is -0.885. The maximum absolute atomic E-state index is 12.2. The third-order valence-electron chi connectivity index (χ3n) is 1.88. The fourth-order valence-corrected chi connectivity index (χ4v) is 1.21. The predicted molar refractivity (Wildman–Crippen MR) is 47.1 cm³/mol. The summed E-state index contributed by atoms with van der Waals surface area (Å²) < 4.78 is 13.0. The molecule has 66 valence electrons. The van der Waals surface area contributed by atoms with Crippen LogP contribution in [0.3, 0.4) is 0 Å². The van der Waals surface area contributed by atoms with Crippen molar-refractivity contribution in [2.45, 2.75) is 6.80 Å². The number of benzene rings is 1. The number of hydrogen-bond donors (Lipinski definition) is 0. The van der Waals surface area contributed by atoms with Crippen molar-refractivity contribution in [3.05, 3.63) is 40.8 Å². The van der Waals surface area contributed by atoms with Gasteiger partial charge in [-0.3, -0.25) is 4.79 Å². The number of hydrogen-bond acceptors (Lipinski definition) is 2. The molecule has 0 spiro atoms. The van der Waals surface area contributed by atoms with Crippen LogP contribution in [0.15, 0.2) is 35.3 Å². The van der Waals surface area contributed by atoms with Crippen LogP contribution in [0.1, 0.15) is 0 Å². The van der Waals surface area contributed by atoms with Gasteiger partial charge in [-0.1, -0.05) is 18.2 Å². The first kappa shape index (κ1) is 7.91. The summed E-state index contributed by atoms with van der Waals surface area (Å²) >= 11 is 0. The van der Waals surface area contributed by atoms with Crippen LogP contribution in [-0.4, -0.2) is 9.78 Å². The summed E-state index contributed by atoms with van der Waals surface area (Å²) in [5.74, 6) is 0. The Hall–Kier alpha value is -1.71. The quantitative estimate of drug-likeness (QED) is 0.660. The van der Waals surface area contributed by atoms with Crippen LogP contribution >= 0.6 is 0 Å². The first-order valence-corrected chi connectivity index (χ1v) is 3.84. The molecule has 0 N–H and O–H groups in total. The van der Waals surface area contributed by atoms with Crippen LogP contribution in [0, 0.1) is 0 Å². The molecule has 0 saturated carbocycles. The topological polar surface area (TPSA) is 34.9 Å². The Morgan fingerprint density at radius 3 is 2.92 bits per heavy atom. The van der Waals surface area contributed by atoms with Crippen molar-refractivity contribution >= 4 is 10.8 Å². The highest BCUT2D eigenvalue weighted by atomic mass is 19.1. The molecule has 0 aliphatic rings. The fraction of sp³-hybridized carbons (Fsp3) is 0.111. The van der Waals surface area contributed by atoms with Crippen LogP contribution in [0.5, 0.6) is 0 Å². The second-order valence-electron chi connectivity index (χ2n) is 2.66. The molecule has 0 aliphatic heterocycles. The Kier molecular flexibility index (Phi) is 1.81. The van der Waals surface area contributed by atoms with Crippen molar-refractivity contribution in [2.24, 2.45) is 0 Å². The van der Waals surface area contributed by atoms with Crippen LogP contribution in [0.4, 0.5) is 4.39 Å². The lowest BCUT2D eigenvalue weighted by Crippen LogP contribution is -2.20. The normalized spacial score (nSPS) is 10.5. The van der Waals surface area contributed by atoms with Crippen molar-refractivity contribution in [1.82, 2.24) is 9.78 Å². The van der Waals surface area contributed by atoms with Gasteiger partial charge >= 0.3 is 0 Å². The molecule has 0 saturated heterocycles. The Labute approximate surface area is 73.4 Å². The Morgan fingerprint density at radius 2 is 2.15 bits per heavy atom. The van der Waals surface area contributed by atoms with E-state index in [0.717, 1.165) is 10.1 Å². The van der Waals surface area contributed by atoms with Gasteiger partial charge in [0.25, 0.3) is 5.56 Å². The third kappa shape index (κ3) is 1.20. The molecule has 0 radical (unpaired) electrons. The molecule has 1 aromatic carbocycles. The average Bonchev–Trinajstić information content (AvgIpc) is 2.19. The van der Waals surface area contributed by atoms with Crippen LogP contribution in [0.25, 0.3) is 10.8 Å². The van der Waals surface area contributed by atoms with Gasteiger partial charge in [0.05, 0.1) is 11.6 Å². The highest BCUT2D eigenvalue weighted by Gasteiger charge is 2.01. The van der Waals surface area contributed by atoms with Gasteiger partial charge in [-0.2, -0.15) is 9.78 Å². The standard InChI is InChI=1S/C9H7FN2O/c10-6-12-9(13)8-4-2-1-3-7(8)5-11-12/h1-5H,6H2. The molecule has 1 heterocycles. The summed E-state index contributed by atoms with van der Waals surface area (Å²) in [6.07, 6.45) is 1.48. The predicted octanol–water partition coefficient (Wildman–Crippen LogP) is 1.32. The van der Waals surface area contributed by atoms with E-state index in [-0.39, 0.29) is 5.56 Å². The van der Waals surface area contributed by atoms with Gasteiger partial charge in [0.1, 0.15) is 0 Å². The molecule has 4 heteroatoms. The van der Waals surface area contributed by atoms with E-state index in [1.807, 2.05) is 6.07 Å². The number of rotatable bonds is 1. The first-order chi connectivity index (χ1) is 6.33. The van der Waals surface area contributed by atoms with E-state index in [2.05, 4.69) is 5.10 Å². The van der Waals surface area contributed by atoms with E-state index in [1.165, 1.54) is 6.20 Å². The maximum atomic E-state index is 12.2. The summed E-state index contributed by atoms with van der Waals surface area (Å²) in [5.41, 5.74) is -0.388. The van der Waals surface area contributed by atoms with Crippen molar-refractivity contribution in [2.75, 3.05) is 0 Å². The molecule has 0 atom stereocenters. The molecular weight excluding hydrogens is 171 g/mol. The maximum Gasteiger partial charge on any atom is 0.277 e. The minimum absolute atomic E-state index is 0.388. The van der Waals surface area contributed by atoms with Gasteiger partial charge in [-0.25, -0.2) is 4.39 Å². The average molecular weight is 178 g/mol. The molecule has 1 aromatic heterocycles. The van der Waals surface area contributed by atoms with Crippen LogP contribution in [0.2, 0.25) is 0 Å². The van der Waals surface area contributed by atoms with Crippen molar-refractivity contribution < 1.29 is 4.39 Å². The SMILES string of the molecule is O=c1c2ccccc2cnn1CF. The number of nitrogens with zero attached hydrogens (tertiary/aromatic N) is 2. The lowest BCUT2D eigenvalue weighted by molar-refractivity contribution is 0.339. The minimum Gasteiger partial charge on any atom is -0.267 e. The van der Waals surface area contributed by atoms with E-state index in [1.54, 1.807) is 18.2 Å². The molecule has 2 rings (SSSR count). The lowest BCUT2D eigenvalue weighted by Gasteiger charge is -1.99. The molecule has 0 unspecified atom stereocenters. The summed E-state index contributed by atoms with van der Waals surface area (Å²) in [6, 6.07) is 6.98. The second kappa shape index (κ2) is 2.97. The van der Waals surface area contributed by atoms with E-state index in [9.17, 15) is 9.18 Å². The van der Waals surface area contributed by atoms with Gasteiger partial charge in [0.2, 0.25) is 0 Å². The summed E-state index contributed by atoms with van der Waals surface area (Å²) in [5, 5.41) is 4.88. The van der Waals surface area contributed by atoms with E-state index in [0.29, 0.717) is 5.39 Å². The van der Waals surface area contributed by atoms with Crippen LogP contribution in [-0.2, 0) is 6.80 Å². The number of halogens is 1. The zero-order valence-corrected chi connectivity index (χ0v) is 6.77. The molecule has 0 amide bonds. The van der Waals surface area contributed by atoms with Crippen molar-refractivity contribution in [3.8, 4) is 0 Å². The van der Waals surface area contributed by atoms with Gasteiger partial charge < -0.3 is 0 Å². The molecular formula is C9H7FN2O. The van der Waals surface area contributed by atoms with Crippen LogP contribution < -0.4 is 5.56 Å².